The first-order valence-corrected chi connectivity index (χ1v) is 9.73. The molecule has 0 fully saturated rings. The molecule has 30 heavy (non-hydrogen) atoms. The molecule has 0 saturated carbocycles. The van der Waals surface area contributed by atoms with Gasteiger partial charge in [-0.1, -0.05) is 25.1 Å². The lowest BCUT2D eigenvalue weighted by Gasteiger charge is -2.27. The molecule has 0 spiro atoms. The van der Waals surface area contributed by atoms with Gasteiger partial charge in [-0.15, -0.1) is 0 Å². The van der Waals surface area contributed by atoms with Gasteiger partial charge in [0, 0.05) is 0 Å². The largest absolute Gasteiger partial charge is 0.207 e. The van der Waals surface area contributed by atoms with Gasteiger partial charge in [0.05, 0.1) is 5.56 Å². The highest BCUT2D eigenvalue weighted by molar-refractivity contribution is 5.67. The van der Waals surface area contributed by atoms with Crippen LogP contribution in [0.25, 0.3) is 11.1 Å². The van der Waals surface area contributed by atoms with Crippen molar-refractivity contribution < 1.29 is 26.3 Å². The fourth-order valence-corrected chi connectivity index (χ4v) is 4.19. The fourth-order valence-electron chi connectivity index (χ4n) is 4.19. The molecular weight excluding hydrogens is 402 g/mol. The molecule has 0 amide bonds. The van der Waals surface area contributed by atoms with E-state index in [1.165, 1.54) is 6.07 Å². The maximum atomic E-state index is 15.1. The highest BCUT2D eigenvalue weighted by Gasteiger charge is 2.32. The molecule has 0 radical (unpaired) electrons. The predicted octanol–water partition coefficient (Wildman–Crippen LogP) is 7.02. The minimum atomic E-state index is -1.46. The molecule has 0 heterocycles. The molecule has 0 aliphatic heterocycles. The minimum Gasteiger partial charge on any atom is -0.207 e. The van der Waals surface area contributed by atoms with Crippen LogP contribution in [-0.2, 0) is 19.3 Å². The first-order chi connectivity index (χ1) is 14.3. The summed E-state index contributed by atoms with van der Waals surface area (Å²) in [5.74, 6) is -6.96. The average molecular weight is 420 g/mol. The maximum Gasteiger partial charge on any atom is 0.169 e. The highest BCUT2D eigenvalue weighted by Crippen LogP contribution is 2.41. The van der Waals surface area contributed by atoms with Crippen molar-refractivity contribution in [3.8, 4) is 11.1 Å². The smallest absolute Gasteiger partial charge is 0.169 e. The van der Waals surface area contributed by atoms with E-state index in [4.69, 9.17) is 0 Å². The quantitative estimate of drug-likeness (QED) is 0.315. The SMILES string of the molecule is CCc1ccc(C2CCc3c(F)c(-c4ccc(F)c(F)c4)c(F)c(F)c3C2)c(F)c1. The Bertz CT molecular complexity index is 1140. The first-order valence-electron chi connectivity index (χ1n) is 9.73. The molecule has 0 N–H and O–H groups in total. The second-order valence-electron chi connectivity index (χ2n) is 7.55. The minimum absolute atomic E-state index is 0.00419. The maximum absolute atomic E-state index is 15.1. The van der Waals surface area contributed by atoms with Crippen LogP contribution in [0, 0.1) is 34.9 Å². The van der Waals surface area contributed by atoms with Gasteiger partial charge < -0.3 is 0 Å². The van der Waals surface area contributed by atoms with Crippen molar-refractivity contribution in [2.75, 3.05) is 0 Å². The normalized spacial score (nSPS) is 15.9. The summed E-state index contributed by atoms with van der Waals surface area (Å²) in [5.41, 5.74) is 0.0765. The standard InChI is InChI=1S/C24H18F6/c1-2-12-3-6-15(19(26)9-12)13-4-7-16-17(10-13)23(29)24(30)21(22(16)28)14-5-8-18(25)20(27)11-14/h3,5-6,8-9,11,13H,2,4,7,10H2,1H3. The number of hydrogen-bond donors (Lipinski definition) is 0. The van der Waals surface area contributed by atoms with Crippen molar-refractivity contribution >= 4 is 0 Å². The Morgan fingerprint density at radius 1 is 0.767 bits per heavy atom. The van der Waals surface area contributed by atoms with Gasteiger partial charge in [-0.2, -0.15) is 0 Å². The van der Waals surface area contributed by atoms with E-state index in [0.717, 1.165) is 17.7 Å². The van der Waals surface area contributed by atoms with Crippen LogP contribution in [0.15, 0.2) is 36.4 Å². The second-order valence-corrected chi connectivity index (χ2v) is 7.55. The summed E-state index contributed by atoms with van der Waals surface area (Å²) in [6.07, 6.45) is 1.06. The lowest BCUT2D eigenvalue weighted by molar-refractivity contribution is 0.452. The molecular formula is C24H18F6. The summed E-state index contributed by atoms with van der Waals surface area (Å²) in [6.45, 7) is 1.90. The van der Waals surface area contributed by atoms with Crippen molar-refractivity contribution in [1.29, 1.82) is 0 Å². The zero-order chi connectivity index (χ0) is 21.6. The zero-order valence-corrected chi connectivity index (χ0v) is 16.1. The van der Waals surface area contributed by atoms with E-state index < -0.39 is 46.4 Å². The molecule has 6 heteroatoms. The third kappa shape index (κ3) is 3.38. The van der Waals surface area contributed by atoms with Gasteiger partial charge in [-0.05, 0) is 77.6 Å². The van der Waals surface area contributed by atoms with E-state index in [1.54, 1.807) is 12.1 Å². The van der Waals surface area contributed by atoms with Crippen LogP contribution in [0.4, 0.5) is 26.3 Å². The summed E-state index contributed by atoms with van der Waals surface area (Å²) >= 11 is 0. The first kappa shape index (κ1) is 20.5. The molecule has 1 atom stereocenters. The molecule has 0 saturated heterocycles. The number of aryl methyl sites for hydroxylation is 1. The van der Waals surface area contributed by atoms with Crippen LogP contribution >= 0.6 is 0 Å². The Morgan fingerprint density at radius 2 is 1.53 bits per heavy atom. The Balaban J connectivity index is 1.77. The summed E-state index contributed by atoms with van der Waals surface area (Å²) in [4.78, 5) is 0. The van der Waals surface area contributed by atoms with E-state index in [2.05, 4.69) is 0 Å². The molecule has 1 aliphatic rings. The molecule has 3 aromatic rings. The molecule has 3 aromatic carbocycles. The van der Waals surface area contributed by atoms with Crippen molar-refractivity contribution in [3.63, 3.8) is 0 Å². The summed E-state index contributed by atoms with van der Waals surface area (Å²) < 4.78 is 86.0. The van der Waals surface area contributed by atoms with Crippen LogP contribution in [0.3, 0.4) is 0 Å². The lowest BCUT2D eigenvalue weighted by Crippen LogP contribution is -2.19. The molecule has 1 aliphatic carbocycles. The van der Waals surface area contributed by atoms with E-state index in [1.807, 2.05) is 6.92 Å². The van der Waals surface area contributed by atoms with Crippen molar-refractivity contribution in [2.45, 2.75) is 38.5 Å². The van der Waals surface area contributed by atoms with Crippen LogP contribution in [-0.4, -0.2) is 0 Å². The van der Waals surface area contributed by atoms with Gasteiger partial charge in [0.25, 0.3) is 0 Å². The third-order valence-corrected chi connectivity index (χ3v) is 5.84. The molecule has 156 valence electrons. The number of hydrogen-bond acceptors (Lipinski definition) is 0. The highest BCUT2D eigenvalue weighted by atomic mass is 19.2. The van der Waals surface area contributed by atoms with Crippen LogP contribution < -0.4 is 0 Å². The molecule has 1 unspecified atom stereocenters. The molecule has 0 aromatic heterocycles. The van der Waals surface area contributed by atoms with Gasteiger partial charge in [0.15, 0.2) is 23.3 Å². The van der Waals surface area contributed by atoms with Crippen molar-refractivity contribution in [1.82, 2.24) is 0 Å². The summed E-state index contributed by atoms with van der Waals surface area (Å²) in [6, 6.07) is 7.23. The number of halogens is 6. The van der Waals surface area contributed by atoms with Crippen molar-refractivity contribution in [3.05, 3.63) is 93.6 Å². The molecule has 0 nitrogen and oxygen atoms in total. The van der Waals surface area contributed by atoms with Gasteiger partial charge in [-0.3, -0.25) is 0 Å². The van der Waals surface area contributed by atoms with Gasteiger partial charge in [-0.25, -0.2) is 26.3 Å². The average Bonchev–Trinajstić information content (AvgIpc) is 2.74. The number of fused-ring (bicyclic) bond motifs is 1. The number of benzene rings is 3. The second kappa shape index (κ2) is 7.82. The van der Waals surface area contributed by atoms with E-state index in [0.29, 0.717) is 24.5 Å². The fraction of sp³-hybridized carbons (Fsp3) is 0.250. The van der Waals surface area contributed by atoms with E-state index in [9.17, 15) is 22.0 Å². The lowest BCUT2D eigenvalue weighted by atomic mass is 9.78. The van der Waals surface area contributed by atoms with Gasteiger partial charge >= 0.3 is 0 Å². The Labute approximate surface area is 170 Å². The Kier molecular flexibility index (Phi) is 5.35. The van der Waals surface area contributed by atoms with E-state index >= 15 is 4.39 Å². The van der Waals surface area contributed by atoms with E-state index in [-0.39, 0.29) is 29.5 Å². The van der Waals surface area contributed by atoms with Crippen LogP contribution in [0.2, 0.25) is 0 Å². The van der Waals surface area contributed by atoms with Crippen LogP contribution in [0.1, 0.15) is 41.5 Å². The predicted molar refractivity (Wildman–Crippen MR) is 102 cm³/mol. The summed E-state index contributed by atoms with van der Waals surface area (Å²) in [7, 11) is 0. The Hall–Kier alpha value is -2.76. The molecule has 0 bridgehead atoms. The Morgan fingerprint density at radius 3 is 2.20 bits per heavy atom. The summed E-state index contributed by atoms with van der Waals surface area (Å²) in [5, 5.41) is 0. The molecule has 4 rings (SSSR count). The van der Waals surface area contributed by atoms with Crippen LogP contribution in [0.5, 0.6) is 0 Å². The zero-order valence-electron chi connectivity index (χ0n) is 16.1. The van der Waals surface area contributed by atoms with Gasteiger partial charge in [0.2, 0.25) is 0 Å². The topological polar surface area (TPSA) is 0 Å². The number of rotatable bonds is 3. The third-order valence-electron chi connectivity index (χ3n) is 5.84. The van der Waals surface area contributed by atoms with Crippen molar-refractivity contribution in [2.24, 2.45) is 0 Å². The monoisotopic (exact) mass is 420 g/mol. The van der Waals surface area contributed by atoms with Gasteiger partial charge in [0.1, 0.15) is 11.6 Å².